The van der Waals surface area contributed by atoms with E-state index in [1.165, 1.54) is 12.8 Å². The van der Waals surface area contributed by atoms with Crippen molar-refractivity contribution >= 4 is 28.8 Å². The van der Waals surface area contributed by atoms with Gasteiger partial charge in [-0.15, -0.1) is 10.2 Å². The first-order valence-electron chi connectivity index (χ1n) is 5.52. The van der Waals surface area contributed by atoms with E-state index in [1.807, 2.05) is 11.8 Å². The molecule has 0 N–H and O–H groups in total. The zero-order valence-electron chi connectivity index (χ0n) is 9.15. The Morgan fingerprint density at radius 3 is 2.69 bits per heavy atom. The van der Waals surface area contributed by atoms with Crippen LogP contribution in [0.3, 0.4) is 0 Å². The summed E-state index contributed by atoms with van der Waals surface area (Å²) in [6.07, 6.45) is 4.63. The van der Waals surface area contributed by atoms with Gasteiger partial charge in [0.05, 0.1) is 0 Å². The number of halogens is 1. The second kappa shape index (κ2) is 5.10. The minimum absolute atomic E-state index is 0.0289. The number of carbonyl (C=O) groups is 1. The van der Waals surface area contributed by atoms with Crippen LogP contribution >= 0.6 is 22.9 Å². The van der Waals surface area contributed by atoms with Crippen molar-refractivity contribution in [3.05, 3.63) is 9.47 Å². The van der Waals surface area contributed by atoms with Crippen molar-refractivity contribution in [1.82, 2.24) is 15.1 Å². The Hall–Kier alpha value is -0.680. The van der Waals surface area contributed by atoms with Crippen molar-refractivity contribution in [2.24, 2.45) is 0 Å². The molecule has 2 rings (SSSR count). The molecule has 0 unspecified atom stereocenters. The first kappa shape index (κ1) is 11.8. The van der Waals surface area contributed by atoms with E-state index in [9.17, 15) is 4.79 Å². The third kappa shape index (κ3) is 2.35. The van der Waals surface area contributed by atoms with Crippen molar-refractivity contribution < 1.29 is 4.79 Å². The summed E-state index contributed by atoms with van der Waals surface area (Å²) in [5.41, 5.74) is 0. The van der Waals surface area contributed by atoms with Crippen LogP contribution in [0.25, 0.3) is 0 Å². The van der Waals surface area contributed by atoms with Crippen molar-refractivity contribution in [3.63, 3.8) is 0 Å². The third-order valence-corrected chi connectivity index (χ3v) is 3.96. The molecule has 0 atom stereocenters. The Bertz CT molecular complexity index is 376. The van der Waals surface area contributed by atoms with E-state index in [1.54, 1.807) is 0 Å². The van der Waals surface area contributed by atoms with Crippen molar-refractivity contribution in [2.75, 3.05) is 6.54 Å². The van der Waals surface area contributed by atoms with Crippen molar-refractivity contribution in [2.45, 2.75) is 38.6 Å². The normalized spacial score (nSPS) is 16.6. The molecular formula is C10H14ClN3OS. The van der Waals surface area contributed by atoms with Gasteiger partial charge in [-0.2, -0.15) is 0 Å². The highest BCUT2D eigenvalue weighted by molar-refractivity contribution is 7.17. The van der Waals surface area contributed by atoms with Gasteiger partial charge in [0.15, 0.2) is 0 Å². The second-order valence-electron chi connectivity index (χ2n) is 3.89. The zero-order valence-corrected chi connectivity index (χ0v) is 10.7. The van der Waals surface area contributed by atoms with Crippen LogP contribution in [-0.4, -0.2) is 33.6 Å². The molecule has 1 aliphatic carbocycles. The summed E-state index contributed by atoms with van der Waals surface area (Å²) in [5, 5.41) is 7.87. The zero-order chi connectivity index (χ0) is 11.5. The molecule has 0 aromatic carbocycles. The SMILES string of the molecule is CCN(C(=O)c1nnc(Cl)s1)C1CCCC1. The lowest BCUT2D eigenvalue weighted by Gasteiger charge is -2.26. The van der Waals surface area contributed by atoms with Gasteiger partial charge in [0.2, 0.25) is 9.47 Å². The van der Waals surface area contributed by atoms with Gasteiger partial charge in [0.25, 0.3) is 5.91 Å². The van der Waals surface area contributed by atoms with Crippen LogP contribution in [0.1, 0.15) is 42.4 Å². The summed E-state index contributed by atoms with van der Waals surface area (Å²) >= 11 is 6.84. The third-order valence-electron chi connectivity index (χ3n) is 2.95. The Morgan fingerprint density at radius 1 is 1.50 bits per heavy atom. The highest BCUT2D eigenvalue weighted by atomic mass is 35.5. The Labute approximate surface area is 104 Å². The molecule has 0 spiro atoms. The first-order chi connectivity index (χ1) is 7.72. The molecule has 1 amide bonds. The average molecular weight is 260 g/mol. The predicted octanol–water partition coefficient (Wildman–Crippen LogP) is 2.60. The lowest BCUT2D eigenvalue weighted by Crippen LogP contribution is -2.38. The molecule has 1 aliphatic rings. The van der Waals surface area contributed by atoms with E-state index in [-0.39, 0.29) is 5.91 Å². The average Bonchev–Trinajstić information content (AvgIpc) is 2.90. The molecular weight excluding hydrogens is 246 g/mol. The summed E-state index contributed by atoms with van der Waals surface area (Å²) in [5.74, 6) is -0.0289. The number of rotatable bonds is 3. The van der Waals surface area contributed by atoms with Crippen LogP contribution in [0.5, 0.6) is 0 Å². The van der Waals surface area contributed by atoms with Crippen LogP contribution in [0.4, 0.5) is 0 Å². The van der Waals surface area contributed by atoms with Gasteiger partial charge < -0.3 is 4.90 Å². The fraction of sp³-hybridized carbons (Fsp3) is 0.700. The minimum Gasteiger partial charge on any atom is -0.334 e. The molecule has 4 nitrogen and oxygen atoms in total. The monoisotopic (exact) mass is 259 g/mol. The molecule has 6 heteroatoms. The van der Waals surface area contributed by atoms with Gasteiger partial charge in [-0.05, 0) is 31.4 Å². The summed E-state index contributed by atoms with van der Waals surface area (Å²) in [6.45, 7) is 2.72. The molecule has 0 bridgehead atoms. The first-order valence-corrected chi connectivity index (χ1v) is 6.71. The van der Waals surface area contributed by atoms with Gasteiger partial charge in [-0.25, -0.2) is 0 Å². The van der Waals surface area contributed by atoms with Crippen LogP contribution in [0, 0.1) is 0 Å². The van der Waals surface area contributed by atoms with Crippen LogP contribution < -0.4 is 0 Å². The Kier molecular flexibility index (Phi) is 3.76. The molecule has 1 saturated carbocycles. The molecule has 1 aromatic heterocycles. The second-order valence-corrected chi connectivity index (χ2v) is 5.45. The number of carbonyl (C=O) groups excluding carboxylic acids is 1. The van der Waals surface area contributed by atoms with Crippen molar-refractivity contribution in [1.29, 1.82) is 0 Å². The van der Waals surface area contributed by atoms with Gasteiger partial charge in [-0.1, -0.05) is 24.2 Å². The maximum atomic E-state index is 12.2. The van der Waals surface area contributed by atoms with E-state index in [4.69, 9.17) is 11.6 Å². The molecule has 88 valence electrons. The van der Waals surface area contributed by atoms with E-state index < -0.39 is 0 Å². The lowest BCUT2D eigenvalue weighted by atomic mass is 10.2. The summed E-state index contributed by atoms with van der Waals surface area (Å²) < 4.78 is 0.325. The van der Waals surface area contributed by atoms with Crippen LogP contribution in [0.2, 0.25) is 4.47 Å². The number of hydrogen-bond donors (Lipinski definition) is 0. The van der Waals surface area contributed by atoms with Gasteiger partial charge in [-0.3, -0.25) is 4.79 Å². The fourth-order valence-corrected chi connectivity index (χ4v) is 2.98. The smallest absolute Gasteiger partial charge is 0.285 e. The van der Waals surface area contributed by atoms with E-state index >= 15 is 0 Å². The summed E-state index contributed by atoms with van der Waals surface area (Å²) in [7, 11) is 0. The topological polar surface area (TPSA) is 46.1 Å². The van der Waals surface area contributed by atoms with Gasteiger partial charge in [0.1, 0.15) is 0 Å². The number of aromatic nitrogens is 2. The molecule has 1 heterocycles. The summed E-state index contributed by atoms with van der Waals surface area (Å²) in [4.78, 5) is 14.0. The maximum Gasteiger partial charge on any atom is 0.285 e. The molecule has 0 aliphatic heterocycles. The predicted molar refractivity (Wildman–Crippen MR) is 63.9 cm³/mol. The van der Waals surface area contributed by atoms with Crippen LogP contribution in [0.15, 0.2) is 0 Å². The Balaban J connectivity index is 2.11. The fourth-order valence-electron chi connectivity index (χ4n) is 2.20. The number of hydrogen-bond acceptors (Lipinski definition) is 4. The standard InChI is InChI=1S/C10H14ClN3OS/c1-2-14(7-5-3-4-6-7)9(15)8-12-13-10(11)16-8/h7H,2-6H2,1H3. The quantitative estimate of drug-likeness (QED) is 0.838. The van der Waals surface area contributed by atoms with E-state index in [0.29, 0.717) is 15.5 Å². The van der Waals surface area contributed by atoms with E-state index in [2.05, 4.69) is 10.2 Å². The van der Waals surface area contributed by atoms with Gasteiger partial charge >= 0.3 is 0 Å². The highest BCUT2D eigenvalue weighted by Gasteiger charge is 2.28. The van der Waals surface area contributed by atoms with Crippen LogP contribution in [-0.2, 0) is 0 Å². The van der Waals surface area contributed by atoms with Crippen molar-refractivity contribution in [3.8, 4) is 0 Å². The lowest BCUT2D eigenvalue weighted by molar-refractivity contribution is 0.0692. The largest absolute Gasteiger partial charge is 0.334 e. The van der Waals surface area contributed by atoms with Gasteiger partial charge in [0, 0.05) is 12.6 Å². The van der Waals surface area contributed by atoms with E-state index in [0.717, 1.165) is 30.7 Å². The molecule has 1 fully saturated rings. The molecule has 0 saturated heterocycles. The number of nitrogens with zero attached hydrogens (tertiary/aromatic N) is 3. The number of amides is 1. The molecule has 1 aromatic rings. The highest BCUT2D eigenvalue weighted by Crippen LogP contribution is 2.25. The molecule has 0 radical (unpaired) electrons. The maximum absolute atomic E-state index is 12.2. The summed E-state index contributed by atoms with van der Waals surface area (Å²) in [6, 6.07) is 0.375. The minimum atomic E-state index is -0.0289. The molecule has 16 heavy (non-hydrogen) atoms. The Morgan fingerprint density at radius 2 is 2.19 bits per heavy atom.